The van der Waals surface area contributed by atoms with E-state index in [9.17, 15) is 13.2 Å². The van der Waals surface area contributed by atoms with Crippen LogP contribution in [0.3, 0.4) is 0 Å². The van der Waals surface area contributed by atoms with Gasteiger partial charge in [-0.1, -0.05) is 54.2 Å². The number of aryl methyl sites for hydroxylation is 2. The molecule has 1 aliphatic rings. The molecule has 0 atom stereocenters. The fraction of sp³-hybridized carbons (Fsp3) is 0.154. The number of hydrogen-bond acceptors (Lipinski definition) is 6. The van der Waals surface area contributed by atoms with Gasteiger partial charge in [0.2, 0.25) is 0 Å². The van der Waals surface area contributed by atoms with Gasteiger partial charge in [0, 0.05) is 11.3 Å². The molecule has 0 spiro atoms. The maximum atomic E-state index is 12.3. The zero-order chi connectivity index (χ0) is 26.0. The van der Waals surface area contributed by atoms with Crippen LogP contribution in [0.1, 0.15) is 16.7 Å². The van der Waals surface area contributed by atoms with Crippen LogP contribution in [-0.4, -0.2) is 38.4 Å². The van der Waals surface area contributed by atoms with Gasteiger partial charge >= 0.3 is 6.36 Å². The average molecular weight is 523 g/mol. The van der Waals surface area contributed by atoms with E-state index >= 15 is 0 Å². The molecule has 0 N–H and O–H groups in total. The molecule has 4 aromatic rings. The van der Waals surface area contributed by atoms with E-state index in [0.29, 0.717) is 11.5 Å². The fourth-order valence-electron chi connectivity index (χ4n) is 3.84. The van der Waals surface area contributed by atoms with Crippen molar-refractivity contribution in [3.05, 3.63) is 89.7 Å². The van der Waals surface area contributed by atoms with Crippen molar-refractivity contribution < 1.29 is 17.9 Å². The van der Waals surface area contributed by atoms with E-state index in [4.69, 9.17) is 0 Å². The molecule has 2 heterocycles. The molecule has 11 heteroatoms. The van der Waals surface area contributed by atoms with E-state index in [1.54, 1.807) is 18.0 Å². The standard InChI is InChI=1S/C26H21F3N6OS/c1-17-4-3-5-18(2)23(17)34-16-37-25(34)32-31-14-19-6-8-20(9-7-19)24-30-15-35(33-24)21-10-12-22(13-11-21)36-26(27,28)29/h3-15H,16H2,1-2H3. The number of para-hydroxylation sites is 1. The SMILES string of the molecule is Cc1cccc(C)c1N1CSC1=NN=Cc1ccc(-c2ncn(-c3ccc(OC(F)(F)F)cc3)n2)cc1. The van der Waals surface area contributed by atoms with Crippen LogP contribution in [0.15, 0.2) is 83.3 Å². The van der Waals surface area contributed by atoms with Crippen LogP contribution < -0.4 is 9.64 Å². The van der Waals surface area contributed by atoms with E-state index < -0.39 is 6.36 Å². The summed E-state index contributed by atoms with van der Waals surface area (Å²) in [5.41, 5.74) is 5.80. The van der Waals surface area contributed by atoms with Gasteiger partial charge in [0.25, 0.3) is 0 Å². The minimum absolute atomic E-state index is 0.298. The lowest BCUT2D eigenvalue weighted by Crippen LogP contribution is -2.39. The van der Waals surface area contributed by atoms with E-state index in [-0.39, 0.29) is 5.75 Å². The van der Waals surface area contributed by atoms with E-state index in [1.165, 1.54) is 52.1 Å². The number of benzene rings is 3. The Bertz CT molecular complexity index is 1440. The van der Waals surface area contributed by atoms with Gasteiger partial charge < -0.3 is 9.64 Å². The molecule has 0 bridgehead atoms. The largest absolute Gasteiger partial charge is 0.573 e. The van der Waals surface area contributed by atoms with Gasteiger partial charge in [-0.05, 0) is 54.8 Å². The highest BCUT2D eigenvalue weighted by Gasteiger charge is 2.31. The Hall–Kier alpha value is -4.12. The van der Waals surface area contributed by atoms with Crippen LogP contribution in [0.5, 0.6) is 5.75 Å². The zero-order valence-electron chi connectivity index (χ0n) is 19.8. The van der Waals surface area contributed by atoms with Gasteiger partial charge in [0.15, 0.2) is 11.0 Å². The first-order valence-corrected chi connectivity index (χ1v) is 12.2. The Morgan fingerprint density at radius 3 is 2.30 bits per heavy atom. The molecule has 7 nitrogen and oxygen atoms in total. The summed E-state index contributed by atoms with van der Waals surface area (Å²) >= 11 is 1.65. The maximum Gasteiger partial charge on any atom is 0.573 e. The Morgan fingerprint density at radius 1 is 0.973 bits per heavy atom. The second kappa shape index (κ2) is 10.1. The zero-order valence-corrected chi connectivity index (χ0v) is 20.7. The first-order chi connectivity index (χ1) is 17.8. The summed E-state index contributed by atoms with van der Waals surface area (Å²) in [5.74, 6) is 1.03. The predicted molar refractivity (Wildman–Crippen MR) is 139 cm³/mol. The van der Waals surface area contributed by atoms with Crippen LogP contribution in [0.4, 0.5) is 18.9 Å². The molecule has 188 valence electrons. The van der Waals surface area contributed by atoms with Crippen molar-refractivity contribution >= 4 is 28.8 Å². The minimum atomic E-state index is -4.73. The summed E-state index contributed by atoms with van der Waals surface area (Å²) in [7, 11) is 0. The van der Waals surface area contributed by atoms with E-state index in [2.05, 4.69) is 55.9 Å². The lowest BCUT2D eigenvalue weighted by molar-refractivity contribution is -0.274. The molecule has 0 radical (unpaired) electrons. The third kappa shape index (κ3) is 5.67. The van der Waals surface area contributed by atoms with Gasteiger partial charge in [-0.3, -0.25) is 0 Å². The topological polar surface area (TPSA) is 67.9 Å². The van der Waals surface area contributed by atoms with Gasteiger partial charge in [-0.25, -0.2) is 9.67 Å². The highest BCUT2D eigenvalue weighted by atomic mass is 32.2. The minimum Gasteiger partial charge on any atom is -0.406 e. The summed E-state index contributed by atoms with van der Waals surface area (Å²) in [6.45, 7) is 4.18. The van der Waals surface area contributed by atoms with Crippen LogP contribution >= 0.6 is 11.8 Å². The highest BCUT2D eigenvalue weighted by molar-refractivity contribution is 8.16. The second-order valence-corrected chi connectivity index (χ2v) is 9.16. The number of anilines is 1. The van der Waals surface area contributed by atoms with Crippen LogP contribution in [0.25, 0.3) is 17.1 Å². The Balaban J connectivity index is 1.24. The van der Waals surface area contributed by atoms with Crippen molar-refractivity contribution in [3.8, 4) is 22.8 Å². The number of amidine groups is 1. The van der Waals surface area contributed by atoms with Crippen LogP contribution in [0, 0.1) is 13.8 Å². The van der Waals surface area contributed by atoms with Crippen molar-refractivity contribution in [3.63, 3.8) is 0 Å². The normalized spacial score (nSPS) is 14.8. The number of halogens is 3. The van der Waals surface area contributed by atoms with Crippen molar-refractivity contribution in [2.24, 2.45) is 10.2 Å². The number of alkyl halides is 3. The number of thioether (sulfide) groups is 1. The molecule has 0 saturated carbocycles. The molecule has 1 fully saturated rings. The first kappa shape index (κ1) is 24.6. The smallest absolute Gasteiger partial charge is 0.406 e. The summed E-state index contributed by atoms with van der Waals surface area (Å²) in [4.78, 5) is 6.47. The quantitative estimate of drug-likeness (QED) is 0.218. The molecular formula is C26H21F3N6OS. The molecule has 5 rings (SSSR count). The molecular weight excluding hydrogens is 501 g/mol. The molecule has 1 saturated heterocycles. The number of aromatic nitrogens is 3. The number of ether oxygens (including phenoxy) is 1. The molecule has 0 amide bonds. The lowest BCUT2D eigenvalue weighted by Gasteiger charge is -2.35. The molecule has 1 aromatic heterocycles. The maximum absolute atomic E-state index is 12.3. The average Bonchev–Trinajstić information content (AvgIpc) is 3.33. The Morgan fingerprint density at radius 2 is 1.68 bits per heavy atom. The lowest BCUT2D eigenvalue weighted by atomic mass is 10.1. The van der Waals surface area contributed by atoms with Gasteiger partial charge in [0.1, 0.15) is 12.1 Å². The fourth-order valence-corrected chi connectivity index (χ4v) is 4.54. The Labute approximate surface area is 215 Å². The monoisotopic (exact) mass is 522 g/mol. The van der Waals surface area contributed by atoms with Crippen molar-refractivity contribution in [2.75, 3.05) is 10.8 Å². The van der Waals surface area contributed by atoms with Gasteiger partial charge in [0.05, 0.1) is 17.8 Å². The second-order valence-electron chi connectivity index (χ2n) is 8.25. The first-order valence-electron chi connectivity index (χ1n) is 11.2. The summed E-state index contributed by atoms with van der Waals surface area (Å²) in [6, 6.07) is 19.2. The van der Waals surface area contributed by atoms with E-state index in [0.717, 1.165) is 22.2 Å². The third-order valence-electron chi connectivity index (χ3n) is 5.61. The Kier molecular flexibility index (Phi) is 6.70. The number of hydrogen-bond donors (Lipinski definition) is 0. The number of nitrogens with zero attached hydrogens (tertiary/aromatic N) is 6. The molecule has 0 aliphatic carbocycles. The van der Waals surface area contributed by atoms with Gasteiger partial charge in [-0.2, -0.15) is 5.10 Å². The molecule has 0 unspecified atom stereocenters. The molecule has 3 aromatic carbocycles. The van der Waals surface area contributed by atoms with Crippen molar-refractivity contribution in [1.29, 1.82) is 0 Å². The van der Waals surface area contributed by atoms with Crippen LogP contribution in [-0.2, 0) is 0 Å². The van der Waals surface area contributed by atoms with Gasteiger partial charge in [-0.15, -0.1) is 23.4 Å². The highest BCUT2D eigenvalue weighted by Crippen LogP contribution is 2.34. The molecule has 37 heavy (non-hydrogen) atoms. The van der Waals surface area contributed by atoms with Crippen molar-refractivity contribution in [1.82, 2.24) is 14.8 Å². The third-order valence-corrected chi connectivity index (χ3v) is 6.56. The summed E-state index contributed by atoms with van der Waals surface area (Å²) < 4.78 is 42.4. The van der Waals surface area contributed by atoms with Crippen molar-refractivity contribution in [2.45, 2.75) is 20.2 Å². The molecule has 1 aliphatic heterocycles. The summed E-state index contributed by atoms with van der Waals surface area (Å²) in [5, 5.41) is 13.9. The predicted octanol–water partition coefficient (Wildman–Crippen LogP) is 6.35. The number of rotatable bonds is 6. The summed E-state index contributed by atoms with van der Waals surface area (Å²) in [6.07, 6.45) is -1.55. The van der Waals surface area contributed by atoms with Crippen LogP contribution in [0.2, 0.25) is 0 Å². The van der Waals surface area contributed by atoms with E-state index in [1.807, 2.05) is 30.3 Å².